The van der Waals surface area contributed by atoms with E-state index in [0.29, 0.717) is 25.9 Å². The highest BCUT2D eigenvalue weighted by Crippen LogP contribution is 2.18. The number of hydrogen-bond donors (Lipinski definition) is 1. The number of rotatable bonds is 7. The summed E-state index contributed by atoms with van der Waals surface area (Å²) in [6.45, 7) is 4.57. The lowest BCUT2D eigenvalue weighted by molar-refractivity contribution is -0.145. The molecule has 1 N–H and O–H groups in total. The summed E-state index contributed by atoms with van der Waals surface area (Å²) in [4.78, 5) is 38.0. The lowest BCUT2D eigenvalue weighted by Crippen LogP contribution is -2.43. The number of amides is 2. The first-order chi connectivity index (χ1) is 10.5. The maximum Gasteiger partial charge on any atom is 0.323 e. The van der Waals surface area contributed by atoms with Crippen molar-refractivity contribution in [3.63, 3.8) is 0 Å². The zero-order valence-electron chi connectivity index (χ0n) is 13.7. The number of nitrogens with zero attached hydrogens (tertiary/aromatic N) is 2. The monoisotopic (exact) mass is 312 g/mol. The van der Waals surface area contributed by atoms with Gasteiger partial charge in [0.2, 0.25) is 11.8 Å². The van der Waals surface area contributed by atoms with Crippen LogP contribution < -0.4 is 0 Å². The van der Waals surface area contributed by atoms with Crippen LogP contribution in [0.1, 0.15) is 58.8 Å². The molecular weight excluding hydrogens is 284 g/mol. The molecule has 1 aliphatic heterocycles. The molecule has 1 atom stereocenters. The van der Waals surface area contributed by atoms with E-state index >= 15 is 0 Å². The molecule has 0 aliphatic carbocycles. The smallest absolute Gasteiger partial charge is 0.323 e. The van der Waals surface area contributed by atoms with E-state index in [1.807, 2.05) is 4.90 Å². The third-order valence-electron chi connectivity index (χ3n) is 4.20. The average Bonchev–Trinajstić information content (AvgIpc) is 2.70. The van der Waals surface area contributed by atoms with Crippen molar-refractivity contribution < 1.29 is 19.5 Å². The van der Waals surface area contributed by atoms with E-state index in [4.69, 9.17) is 5.11 Å². The van der Waals surface area contributed by atoms with Crippen molar-refractivity contribution in [1.82, 2.24) is 9.80 Å². The number of aliphatic carboxylic acids is 1. The summed E-state index contributed by atoms with van der Waals surface area (Å²) in [5.74, 6) is -1.02. The Balaban J connectivity index is 2.54. The highest BCUT2D eigenvalue weighted by Gasteiger charge is 2.27. The Kier molecular flexibility index (Phi) is 7.91. The minimum atomic E-state index is -0.994. The molecule has 0 saturated carbocycles. The third-order valence-corrected chi connectivity index (χ3v) is 4.20. The van der Waals surface area contributed by atoms with Crippen LogP contribution in [-0.4, -0.2) is 58.4 Å². The maximum atomic E-state index is 12.2. The second-order valence-electron chi connectivity index (χ2n) is 5.96. The van der Waals surface area contributed by atoms with Crippen LogP contribution in [-0.2, 0) is 14.4 Å². The number of carboxylic acid groups (broad SMARTS) is 1. The molecule has 6 nitrogen and oxygen atoms in total. The SMILES string of the molecule is CCCCCC(=O)N1CCCC(N(CC(=O)O)C(C)=O)CC1. The van der Waals surface area contributed by atoms with E-state index in [1.54, 1.807) is 0 Å². The number of unbranched alkanes of at least 4 members (excludes halogenated alkanes) is 2. The number of hydrogen-bond acceptors (Lipinski definition) is 3. The van der Waals surface area contributed by atoms with Gasteiger partial charge < -0.3 is 14.9 Å². The molecule has 1 fully saturated rings. The summed E-state index contributed by atoms with van der Waals surface area (Å²) in [5.41, 5.74) is 0. The quantitative estimate of drug-likeness (QED) is 0.728. The second-order valence-corrected chi connectivity index (χ2v) is 5.96. The number of carbonyl (C=O) groups is 3. The van der Waals surface area contributed by atoms with Crippen LogP contribution in [0.4, 0.5) is 0 Å². The van der Waals surface area contributed by atoms with Crippen molar-refractivity contribution in [2.75, 3.05) is 19.6 Å². The minimum absolute atomic E-state index is 0.0814. The Morgan fingerprint density at radius 3 is 2.50 bits per heavy atom. The molecule has 6 heteroatoms. The maximum absolute atomic E-state index is 12.2. The Labute approximate surface area is 132 Å². The second kappa shape index (κ2) is 9.43. The van der Waals surface area contributed by atoms with Gasteiger partial charge in [0, 0.05) is 32.5 Å². The molecule has 0 aromatic carbocycles. The fraction of sp³-hybridized carbons (Fsp3) is 0.812. The van der Waals surface area contributed by atoms with Gasteiger partial charge in [-0.15, -0.1) is 0 Å². The first-order valence-corrected chi connectivity index (χ1v) is 8.22. The van der Waals surface area contributed by atoms with Crippen molar-refractivity contribution in [3.05, 3.63) is 0 Å². The normalized spacial score (nSPS) is 18.6. The first-order valence-electron chi connectivity index (χ1n) is 8.22. The van der Waals surface area contributed by atoms with Gasteiger partial charge in [0.1, 0.15) is 6.54 Å². The summed E-state index contributed by atoms with van der Waals surface area (Å²) in [6, 6.07) is -0.0814. The number of carboxylic acids is 1. The fourth-order valence-corrected chi connectivity index (χ4v) is 2.97. The van der Waals surface area contributed by atoms with E-state index in [1.165, 1.54) is 11.8 Å². The molecule has 1 rings (SSSR count). The van der Waals surface area contributed by atoms with Gasteiger partial charge in [0.15, 0.2) is 0 Å². The molecular formula is C16H28N2O4. The van der Waals surface area contributed by atoms with E-state index < -0.39 is 5.97 Å². The Morgan fingerprint density at radius 1 is 1.18 bits per heavy atom. The standard InChI is InChI=1S/C16H28N2O4/c1-3-4-5-8-15(20)17-10-6-7-14(9-11-17)18(13(2)19)12-16(21)22/h14H,3-12H2,1-2H3,(H,21,22). The summed E-state index contributed by atoms with van der Waals surface area (Å²) in [5, 5.41) is 8.94. The predicted octanol–water partition coefficient (Wildman–Crippen LogP) is 1.88. The van der Waals surface area contributed by atoms with Gasteiger partial charge >= 0.3 is 5.97 Å². The van der Waals surface area contributed by atoms with Crippen LogP contribution in [0.3, 0.4) is 0 Å². The molecule has 0 radical (unpaired) electrons. The summed E-state index contributed by atoms with van der Waals surface area (Å²) in [6.07, 6.45) is 5.90. The van der Waals surface area contributed by atoms with Gasteiger partial charge in [-0.1, -0.05) is 19.8 Å². The lowest BCUT2D eigenvalue weighted by atomic mass is 10.1. The molecule has 0 aromatic heterocycles. The topological polar surface area (TPSA) is 77.9 Å². The number of likely N-dealkylation sites (tertiary alicyclic amines) is 1. The van der Waals surface area contributed by atoms with Crippen LogP contribution >= 0.6 is 0 Å². The molecule has 2 amide bonds. The molecule has 1 heterocycles. The molecule has 1 unspecified atom stereocenters. The fourth-order valence-electron chi connectivity index (χ4n) is 2.97. The minimum Gasteiger partial charge on any atom is -0.480 e. The Hall–Kier alpha value is -1.59. The highest BCUT2D eigenvalue weighted by atomic mass is 16.4. The van der Waals surface area contributed by atoms with Gasteiger partial charge in [-0.2, -0.15) is 0 Å². The van der Waals surface area contributed by atoms with Crippen molar-refractivity contribution in [2.45, 2.75) is 64.8 Å². The molecule has 0 spiro atoms. The van der Waals surface area contributed by atoms with Crippen molar-refractivity contribution in [3.8, 4) is 0 Å². The summed E-state index contributed by atoms with van der Waals surface area (Å²) < 4.78 is 0. The zero-order valence-corrected chi connectivity index (χ0v) is 13.7. The van der Waals surface area contributed by atoms with Crippen LogP contribution in [0.2, 0.25) is 0 Å². The van der Waals surface area contributed by atoms with Crippen LogP contribution in [0.15, 0.2) is 0 Å². The predicted molar refractivity (Wildman–Crippen MR) is 83.4 cm³/mol. The van der Waals surface area contributed by atoms with Crippen LogP contribution in [0, 0.1) is 0 Å². The molecule has 22 heavy (non-hydrogen) atoms. The van der Waals surface area contributed by atoms with E-state index in [0.717, 1.165) is 32.1 Å². The molecule has 1 aliphatic rings. The number of carbonyl (C=O) groups excluding carboxylic acids is 2. The average molecular weight is 312 g/mol. The summed E-state index contributed by atoms with van der Waals surface area (Å²) in [7, 11) is 0. The van der Waals surface area contributed by atoms with E-state index in [2.05, 4.69) is 6.92 Å². The Morgan fingerprint density at radius 2 is 1.91 bits per heavy atom. The third kappa shape index (κ3) is 6.03. The van der Waals surface area contributed by atoms with E-state index in [-0.39, 0.29) is 24.4 Å². The van der Waals surface area contributed by atoms with Gasteiger partial charge in [-0.25, -0.2) is 0 Å². The van der Waals surface area contributed by atoms with Crippen molar-refractivity contribution in [1.29, 1.82) is 0 Å². The van der Waals surface area contributed by atoms with Crippen molar-refractivity contribution >= 4 is 17.8 Å². The van der Waals surface area contributed by atoms with Crippen LogP contribution in [0.25, 0.3) is 0 Å². The van der Waals surface area contributed by atoms with Gasteiger partial charge in [-0.05, 0) is 25.7 Å². The highest BCUT2D eigenvalue weighted by molar-refractivity contribution is 5.80. The molecule has 0 aromatic rings. The van der Waals surface area contributed by atoms with Gasteiger partial charge in [0.05, 0.1) is 0 Å². The zero-order chi connectivity index (χ0) is 16.5. The molecule has 126 valence electrons. The Bertz CT molecular complexity index is 398. The molecule has 1 saturated heterocycles. The first kappa shape index (κ1) is 18.5. The van der Waals surface area contributed by atoms with Crippen LogP contribution in [0.5, 0.6) is 0 Å². The van der Waals surface area contributed by atoms with E-state index in [9.17, 15) is 14.4 Å². The van der Waals surface area contributed by atoms with Crippen molar-refractivity contribution in [2.24, 2.45) is 0 Å². The van der Waals surface area contributed by atoms with Gasteiger partial charge in [0.25, 0.3) is 0 Å². The van der Waals surface area contributed by atoms with Gasteiger partial charge in [-0.3, -0.25) is 14.4 Å². The molecule has 0 bridgehead atoms. The summed E-state index contributed by atoms with van der Waals surface area (Å²) >= 11 is 0. The lowest BCUT2D eigenvalue weighted by Gasteiger charge is -2.28. The largest absolute Gasteiger partial charge is 0.480 e.